The highest BCUT2D eigenvalue weighted by Crippen LogP contribution is 2.36. The van der Waals surface area contributed by atoms with Gasteiger partial charge in [0, 0.05) is 16.8 Å². The monoisotopic (exact) mass is 443 g/mol. The predicted molar refractivity (Wildman–Crippen MR) is 109 cm³/mol. The molecule has 0 aliphatic carbocycles. The van der Waals surface area contributed by atoms with E-state index in [1.54, 1.807) is 11.8 Å². The summed E-state index contributed by atoms with van der Waals surface area (Å²) in [5.74, 6) is 3.03. The summed E-state index contributed by atoms with van der Waals surface area (Å²) < 4.78 is 15.1. The molecule has 1 aliphatic rings. The van der Waals surface area contributed by atoms with E-state index < -0.39 is 0 Å². The number of fused-ring (bicyclic) bond motifs is 1. The van der Waals surface area contributed by atoms with Crippen molar-refractivity contribution in [3.63, 3.8) is 0 Å². The molecule has 0 radical (unpaired) electrons. The van der Waals surface area contributed by atoms with E-state index in [9.17, 15) is 0 Å². The summed E-state index contributed by atoms with van der Waals surface area (Å²) in [5, 5.41) is 9.62. The Labute approximate surface area is 170 Å². The second-order valence-electron chi connectivity index (χ2n) is 5.98. The fraction of sp³-hybridized carbons (Fsp3) is 0.200. The average molecular weight is 444 g/mol. The number of para-hydroxylation sites is 2. The van der Waals surface area contributed by atoms with E-state index in [0.717, 1.165) is 32.7 Å². The lowest BCUT2D eigenvalue weighted by atomic mass is 10.2. The highest BCUT2D eigenvalue weighted by molar-refractivity contribution is 9.10. The first-order valence-corrected chi connectivity index (χ1v) is 10.3. The van der Waals surface area contributed by atoms with Gasteiger partial charge in [-0.3, -0.25) is 4.57 Å². The summed E-state index contributed by atoms with van der Waals surface area (Å²) in [6.45, 7) is 4.88. The molecular formula is C20H18BrN3O2S. The van der Waals surface area contributed by atoms with Crippen LogP contribution in [0.3, 0.4) is 0 Å². The van der Waals surface area contributed by atoms with Gasteiger partial charge in [-0.05, 0) is 23.8 Å². The third-order valence-corrected chi connectivity index (χ3v) is 5.96. The van der Waals surface area contributed by atoms with Gasteiger partial charge < -0.3 is 9.47 Å². The molecule has 1 aliphatic heterocycles. The van der Waals surface area contributed by atoms with Crippen LogP contribution in [0.1, 0.15) is 17.5 Å². The molecule has 0 N–H and O–H groups in total. The van der Waals surface area contributed by atoms with Crippen LogP contribution in [0.2, 0.25) is 0 Å². The van der Waals surface area contributed by atoms with E-state index in [2.05, 4.69) is 38.8 Å². The van der Waals surface area contributed by atoms with Crippen molar-refractivity contribution >= 4 is 27.7 Å². The fourth-order valence-corrected chi connectivity index (χ4v) is 4.42. The summed E-state index contributed by atoms with van der Waals surface area (Å²) in [6.07, 6.45) is 1.54. The Bertz CT molecular complexity index is 960. The van der Waals surface area contributed by atoms with Crippen LogP contribution >= 0.6 is 27.7 Å². The van der Waals surface area contributed by atoms with Crippen molar-refractivity contribution in [1.82, 2.24) is 14.8 Å². The molecule has 0 spiro atoms. The molecule has 0 saturated carbocycles. The molecule has 2 aromatic carbocycles. The zero-order chi connectivity index (χ0) is 18.6. The molecule has 0 fully saturated rings. The standard InChI is InChI=1S/C20H18BrN3O2S/c1-2-11-24-19(18-12-25-16-9-5-6-10-17(16)26-18)22-23-20(24)27-13-14-7-3-4-8-15(14)21/h2-10,18H,1,11-13H2. The topological polar surface area (TPSA) is 49.2 Å². The lowest BCUT2D eigenvalue weighted by molar-refractivity contribution is 0.0821. The van der Waals surface area contributed by atoms with Crippen LogP contribution in [0.5, 0.6) is 11.5 Å². The average Bonchev–Trinajstić information content (AvgIpc) is 3.10. The first kappa shape index (κ1) is 18.1. The SMILES string of the molecule is C=CCn1c(SCc2ccccc2Br)nnc1C1COc2ccccc2O1. The van der Waals surface area contributed by atoms with E-state index in [1.807, 2.05) is 53.1 Å². The lowest BCUT2D eigenvalue weighted by Gasteiger charge is -2.26. The summed E-state index contributed by atoms with van der Waals surface area (Å²) in [6, 6.07) is 15.8. The van der Waals surface area contributed by atoms with E-state index >= 15 is 0 Å². The number of halogens is 1. The van der Waals surface area contributed by atoms with Crippen LogP contribution in [-0.2, 0) is 12.3 Å². The van der Waals surface area contributed by atoms with Gasteiger partial charge in [-0.1, -0.05) is 64.1 Å². The van der Waals surface area contributed by atoms with Crippen molar-refractivity contribution in [3.05, 3.63) is 77.0 Å². The summed E-state index contributed by atoms with van der Waals surface area (Å²) in [7, 11) is 0. The molecule has 1 atom stereocenters. The zero-order valence-corrected chi connectivity index (χ0v) is 16.9. The van der Waals surface area contributed by atoms with Crippen molar-refractivity contribution in [1.29, 1.82) is 0 Å². The first-order chi connectivity index (χ1) is 13.3. The van der Waals surface area contributed by atoms with Crippen LogP contribution in [0.15, 0.2) is 70.8 Å². The number of allylic oxidation sites excluding steroid dienone is 1. The third-order valence-electron chi connectivity index (χ3n) is 4.17. The molecule has 1 unspecified atom stereocenters. The van der Waals surface area contributed by atoms with Gasteiger partial charge in [-0.25, -0.2) is 0 Å². The number of aromatic nitrogens is 3. The van der Waals surface area contributed by atoms with Gasteiger partial charge in [0.15, 0.2) is 28.6 Å². The molecule has 27 heavy (non-hydrogen) atoms. The largest absolute Gasteiger partial charge is 0.485 e. The van der Waals surface area contributed by atoms with Crippen LogP contribution in [-0.4, -0.2) is 21.4 Å². The first-order valence-electron chi connectivity index (χ1n) is 8.55. The van der Waals surface area contributed by atoms with Gasteiger partial charge in [-0.2, -0.15) is 0 Å². The van der Waals surface area contributed by atoms with Crippen LogP contribution < -0.4 is 9.47 Å². The molecule has 5 nitrogen and oxygen atoms in total. The quantitative estimate of drug-likeness (QED) is 0.394. The molecule has 138 valence electrons. The van der Waals surface area contributed by atoms with Crippen LogP contribution in [0.25, 0.3) is 0 Å². The van der Waals surface area contributed by atoms with Gasteiger partial charge in [0.1, 0.15) is 6.61 Å². The van der Waals surface area contributed by atoms with Gasteiger partial charge in [0.2, 0.25) is 0 Å². The number of hydrogen-bond acceptors (Lipinski definition) is 5. The number of thioether (sulfide) groups is 1. The Morgan fingerprint density at radius 3 is 2.74 bits per heavy atom. The number of benzene rings is 2. The minimum Gasteiger partial charge on any atom is -0.485 e. The fourth-order valence-electron chi connectivity index (χ4n) is 2.85. The predicted octanol–water partition coefficient (Wildman–Crippen LogP) is 5.03. The number of rotatable bonds is 6. The Morgan fingerprint density at radius 2 is 1.93 bits per heavy atom. The third kappa shape index (κ3) is 3.89. The summed E-state index contributed by atoms with van der Waals surface area (Å²) in [5.41, 5.74) is 1.21. The minimum atomic E-state index is -0.301. The Balaban J connectivity index is 1.56. The summed E-state index contributed by atoms with van der Waals surface area (Å²) in [4.78, 5) is 0. The maximum absolute atomic E-state index is 6.10. The van der Waals surface area contributed by atoms with Crippen molar-refractivity contribution in [2.24, 2.45) is 0 Å². The van der Waals surface area contributed by atoms with E-state index in [4.69, 9.17) is 9.47 Å². The number of ether oxygens (including phenoxy) is 2. The molecule has 0 saturated heterocycles. The molecular weight excluding hydrogens is 426 g/mol. The highest BCUT2D eigenvalue weighted by atomic mass is 79.9. The summed E-state index contributed by atoms with van der Waals surface area (Å²) >= 11 is 5.23. The van der Waals surface area contributed by atoms with E-state index in [-0.39, 0.29) is 6.10 Å². The van der Waals surface area contributed by atoms with Crippen molar-refractivity contribution in [3.8, 4) is 11.5 Å². The van der Waals surface area contributed by atoms with Crippen LogP contribution in [0.4, 0.5) is 0 Å². The minimum absolute atomic E-state index is 0.301. The smallest absolute Gasteiger partial charge is 0.192 e. The lowest BCUT2D eigenvalue weighted by Crippen LogP contribution is -2.25. The maximum Gasteiger partial charge on any atom is 0.192 e. The number of nitrogens with zero attached hydrogens (tertiary/aromatic N) is 3. The maximum atomic E-state index is 6.10. The van der Waals surface area contributed by atoms with Crippen molar-refractivity contribution in [2.75, 3.05) is 6.61 Å². The molecule has 3 aromatic rings. The van der Waals surface area contributed by atoms with E-state index in [1.165, 1.54) is 5.56 Å². The zero-order valence-electron chi connectivity index (χ0n) is 14.5. The van der Waals surface area contributed by atoms with Gasteiger partial charge in [-0.15, -0.1) is 16.8 Å². The van der Waals surface area contributed by atoms with Crippen molar-refractivity contribution in [2.45, 2.75) is 23.6 Å². The Kier molecular flexibility index (Phi) is 5.50. The Hall–Kier alpha value is -2.25. The second-order valence-corrected chi connectivity index (χ2v) is 7.78. The molecule has 7 heteroatoms. The molecule has 0 bridgehead atoms. The van der Waals surface area contributed by atoms with Gasteiger partial charge in [0.05, 0.1) is 0 Å². The highest BCUT2D eigenvalue weighted by Gasteiger charge is 2.28. The van der Waals surface area contributed by atoms with E-state index in [0.29, 0.717) is 13.2 Å². The molecule has 2 heterocycles. The Morgan fingerprint density at radius 1 is 1.15 bits per heavy atom. The molecule has 1 aromatic heterocycles. The molecule has 0 amide bonds. The van der Waals surface area contributed by atoms with Gasteiger partial charge >= 0.3 is 0 Å². The second kappa shape index (κ2) is 8.19. The van der Waals surface area contributed by atoms with Gasteiger partial charge in [0.25, 0.3) is 0 Å². The normalized spacial score (nSPS) is 15.5. The van der Waals surface area contributed by atoms with Crippen molar-refractivity contribution < 1.29 is 9.47 Å². The van der Waals surface area contributed by atoms with Crippen LogP contribution in [0, 0.1) is 0 Å². The number of hydrogen-bond donors (Lipinski definition) is 0. The molecule has 4 rings (SSSR count).